The van der Waals surface area contributed by atoms with Crippen LogP contribution < -0.4 is 9.64 Å². The van der Waals surface area contributed by atoms with Crippen molar-refractivity contribution in [2.45, 2.75) is 58.1 Å². The highest BCUT2D eigenvalue weighted by Gasteiger charge is 2.35. The van der Waals surface area contributed by atoms with Crippen molar-refractivity contribution < 1.29 is 14.3 Å². The summed E-state index contributed by atoms with van der Waals surface area (Å²) in [6.07, 6.45) is 2.93. The molecule has 0 aromatic heterocycles. The van der Waals surface area contributed by atoms with Gasteiger partial charge in [0, 0.05) is 46.4 Å². The SMILES string of the molecule is COc1ccccc1C(CCN(Cc1ccc(N(C)C)cc1)C(C)=O)C1CCOC(C)(C)C1. The number of methoxy groups -OCH3 is 1. The number of carbonyl (C=O) groups excluding carboxylic acids is 1. The zero-order valence-corrected chi connectivity index (χ0v) is 21.1. The number of hydrogen-bond acceptors (Lipinski definition) is 4. The van der Waals surface area contributed by atoms with Crippen LogP contribution in [0.1, 0.15) is 57.1 Å². The maximum atomic E-state index is 12.5. The summed E-state index contributed by atoms with van der Waals surface area (Å²) in [6.45, 7) is 8.14. The maximum Gasteiger partial charge on any atom is 0.219 e. The van der Waals surface area contributed by atoms with Gasteiger partial charge in [-0.2, -0.15) is 0 Å². The maximum absolute atomic E-state index is 12.5. The molecule has 1 amide bonds. The Bertz CT molecular complexity index is 908. The smallest absolute Gasteiger partial charge is 0.219 e. The standard InChI is InChI=1S/C28H40N2O3/c1-21(31)30(20-22-11-13-24(14-12-22)29(4)5)17-15-25(23-16-18-33-28(2,3)19-23)26-9-7-8-10-27(26)32-6/h7-14,23,25H,15-20H2,1-6H3. The molecule has 2 aromatic rings. The Morgan fingerprint density at radius 3 is 2.45 bits per heavy atom. The first-order chi connectivity index (χ1) is 15.7. The second-order valence-corrected chi connectivity index (χ2v) is 10.00. The fourth-order valence-electron chi connectivity index (χ4n) is 5.00. The van der Waals surface area contributed by atoms with Gasteiger partial charge in [-0.3, -0.25) is 4.79 Å². The van der Waals surface area contributed by atoms with Crippen LogP contribution in [0.25, 0.3) is 0 Å². The van der Waals surface area contributed by atoms with Gasteiger partial charge in [0.1, 0.15) is 5.75 Å². The van der Waals surface area contributed by atoms with Gasteiger partial charge >= 0.3 is 0 Å². The van der Waals surface area contributed by atoms with E-state index in [4.69, 9.17) is 9.47 Å². The predicted octanol–water partition coefficient (Wildman–Crippen LogP) is 5.49. The van der Waals surface area contributed by atoms with Crippen LogP contribution in [0.2, 0.25) is 0 Å². The number of anilines is 1. The van der Waals surface area contributed by atoms with Crippen molar-refractivity contribution in [1.82, 2.24) is 4.90 Å². The fraction of sp³-hybridized carbons (Fsp3) is 0.536. The average molecular weight is 453 g/mol. The summed E-state index contributed by atoms with van der Waals surface area (Å²) >= 11 is 0. The minimum absolute atomic E-state index is 0.109. The Morgan fingerprint density at radius 1 is 1.15 bits per heavy atom. The number of benzene rings is 2. The zero-order valence-electron chi connectivity index (χ0n) is 21.1. The molecule has 0 radical (unpaired) electrons. The first kappa shape index (κ1) is 25.1. The van der Waals surface area contributed by atoms with Crippen molar-refractivity contribution in [2.75, 3.05) is 39.3 Å². The number of nitrogens with zero attached hydrogens (tertiary/aromatic N) is 2. The van der Waals surface area contributed by atoms with Gasteiger partial charge in [0.15, 0.2) is 0 Å². The molecule has 0 bridgehead atoms. The Morgan fingerprint density at radius 2 is 1.85 bits per heavy atom. The van der Waals surface area contributed by atoms with Crippen LogP contribution in [0, 0.1) is 5.92 Å². The van der Waals surface area contributed by atoms with Gasteiger partial charge in [0.25, 0.3) is 0 Å². The minimum atomic E-state index is -0.127. The van der Waals surface area contributed by atoms with Crippen molar-refractivity contribution in [3.8, 4) is 5.75 Å². The van der Waals surface area contributed by atoms with E-state index in [2.05, 4.69) is 55.1 Å². The van der Waals surface area contributed by atoms with Gasteiger partial charge in [0.05, 0.1) is 12.7 Å². The quantitative estimate of drug-likeness (QED) is 0.505. The Labute approximate surface area is 199 Å². The van der Waals surface area contributed by atoms with E-state index in [-0.39, 0.29) is 11.5 Å². The largest absolute Gasteiger partial charge is 0.496 e. The summed E-state index contributed by atoms with van der Waals surface area (Å²) < 4.78 is 11.7. The molecule has 2 unspecified atom stereocenters. The molecule has 5 heteroatoms. The van der Waals surface area contributed by atoms with Crippen molar-refractivity contribution in [2.24, 2.45) is 5.92 Å². The molecule has 3 rings (SSSR count). The number of ether oxygens (including phenoxy) is 2. The Hall–Kier alpha value is -2.53. The molecule has 2 aromatic carbocycles. The van der Waals surface area contributed by atoms with Crippen molar-refractivity contribution in [1.29, 1.82) is 0 Å². The Balaban J connectivity index is 1.79. The number of para-hydroxylation sites is 1. The molecule has 0 aliphatic carbocycles. The van der Waals surface area contributed by atoms with Crippen LogP contribution in [-0.2, 0) is 16.1 Å². The van der Waals surface area contributed by atoms with Crippen molar-refractivity contribution in [3.63, 3.8) is 0 Å². The second kappa shape index (κ2) is 11.1. The lowest BCUT2D eigenvalue weighted by molar-refractivity contribution is -0.129. The van der Waals surface area contributed by atoms with Crippen LogP contribution in [0.15, 0.2) is 48.5 Å². The average Bonchev–Trinajstić information content (AvgIpc) is 2.78. The minimum Gasteiger partial charge on any atom is -0.496 e. The van der Waals surface area contributed by atoms with Gasteiger partial charge < -0.3 is 19.3 Å². The van der Waals surface area contributed by atoms with Gasteiger partial charge in [-0.1, -0.05) is 30.3 Å². The molecule has 0 spiro atoms. The van der Waals surface area contributed by atoms with E-state index in [0.29, 0.717) is 24.9 Å². The lowest BCUT2D eigenvalue weighted by Crippen LogP contribution is -2.37. The van der Waals surface area contributed by atoms with E-state index < -0.39 is 0 Å². The monoisotopic (exact) mass is 452 g/mol. The van der Waals surface area contributed by atoms with Crippen molar-refractivity contribution in [3.05, 3.63) is 59.7 Å². The summed E-state index contributed by atoms with van der Waals surface area (Å²) in [4.78, 5) is 16.6. The van der Waals surface area contributed by atoms with E-state index in [1.807, 2.05) is 31.1 Å². The summed E-state index contributed by atoms with van der Waals surface area (Å²) in [7, 11) is 5.81. The van der Waals surface area contributed by atoms with Crippen LogP contribution in [0.3, 0.4) is 0 Å². The highest BCUT2D eigenvalue weighted by atomic mass is 16.5. The molecular formula is C28H40N2O3. The molecule has 1 aliphatic rings. The van der Waals surface area contributed by atoms with Crippen LogP contribution in [0.5, 0.6) is 5.75 Å². The number of rotatable bonds is 9. The van der Waals surface area contributed by atoms with Crippen molar-refractivity contribution >= 4 is 11.6 Å². The third kappa shape index (κ3) is 6.73. The van der Waals surface area contributed by atoms with Gasteiger partial charge in [-0.25, -0.2) is 0 Å². The highest BCUT2D eigenvalue weighted by molar-refractivity contribution is 5.73. The van der Waals surface area contributed by atoms with E-state index in [0.717, 1.165) is 42.9 Å². The second-order valence-electron chi connectivity index (χ2n) is 10.00. The summed E-state index contributed by atoms with van der Waals surface area (Å²) in [6, 6.07) is 16.8. The summed E-state index contributed by atoms with van der Waals surface area (Å²) in [5, 5.41) is 0. The first-order valence-corrected chi connectivity index (χ1v) is 12.0. The van der Waals surface area contributed by atoms with E-state index in [9.17, 15) is 4.79 Å². The fourth-order valence-corrected chi connectivity index (χ4v) is 5.00. The van der Waals surface area contributed by atoms with E-state index >= 15 is 0 Å². The van der Waals surface area contributed by atoms with E-state index in [1.54, 1.807) is 14.0 Å². The molecule has 5 nitrogen and oxygen atoms in total. The molecular weight excluding hydrogens is 412 g/mol. The lowest BCUT2D eigenvalue weighted by Gasteiger charge is -2.40. The first-order valence-electron chi connectivity index (χ1n) is 12.0. The predicted molar refractivity (Wildman–Crippen MR) is 135 cm³/mol. The normalized spacial score (nSPS) is 18.4. The van der Waals surface area contributed by atoms with Gasteiger partial charge in [0.2, 0.25) is 5.91 Å². The third-order valence-corrected chi connectivity index (χ3v) is 6.82. The molecule has 1 heterocycles. The van der Waals surface area contributed by atoms with Crippen LogP contribution in [-0.4, -0.2) is 50.8 Å². The van der Waals surface area contributed by atoms with Crippen LogP contribution >= 0.6 is 0 Å². The number of carbonyl (C=O) groups is 1. The highest BCUT2D eigenvalue weighted by Crippen LogP contribution is 2.42. The molecule has 0 N–H and O–H groups in total. The van der Waals surface area contributed by atoms with Gasteiger partial charge in [-0.05, 0) is 74.3 Å². The molecule has 33 heavy (non-hydrogen) atoms. The zero-order chi connectivity index (χ0) is 24.0. The van der Waals surface area contributed by atoms with E-state index in [1.165, 1.54) is 5.56 Å². The summed E-state index contributed by atoms with van der Waals surface area (Å²) in [5.74, 6) is 1.83. The molecule has 2 atom stereocenters. The molecule has 1 fully saturated rings. The number of amides is 1. The Kier molecular flexibility index (Phi) is 8.41. The molecule has 1 saturated heterocycles. The van der Waals surface area contributed by atoms with Gasteiger partial charge in [-0.15, -0.1) is 0 Å². The molecule has 180 valence electrons. The third-order valence-electron chi connectivity index (χ3n) is 6.82. The van der Waals surface area contributed by atoms with Crippen LogP contribution in [0.4, 0.5) is 5.69 Å². The topological polar surface area (TPSA) is 42.0 Å². The molecule has 1 aliphatic heterocycles. The summed E-state index contributed by atoms with van der Waals surface area (Å²) in [5.41, 5.74) is 3.42. The lowest BCUT2D eigenvalue weighted by atomic mass is 9.75. The molecule has 0 saturated carbocycles. The number of hydrogen-bond donors (Lipinski definition) is 0.